The summed E-state index contributed by atoms with van der Waals surface area (Å²) in [5.41, 5.74) is 0.533. The number of quaternary nitrogens is 1. The number of carbonyl (C=O) groups is 2. The zero-order valence-electron chi connectivity index (χ0n) is 14.8. The molecule has 2 heterocycles. The van der Waals surface area contributed by atoms with Gasteiger partial charge in [-0.2, -0.15) is 0 Å². The Morgan fingerprint density at radius 1 is 1.38 bits per heavy atom. The summed E-state index contributed by atoms with van der Waals surface area (Å²) in [6.45, 7) is 5.92. The van der Waals surface area contributed by atoms with Crippen LogP contribution in [0.2, 0.25) is 0 Å². The Labute approximate surface area is 151 Å². The number of carbonyl (C=O) groups excluding carboxylic acids is 2. The molecule has 26 heavy (non-hydrogen) atoms. The van der Waals surface area contributed by atoms with Gasteiger partial charge in [0.2, 0.25) is 0 Å². The van der Waals surface area contributed by atoms with E-state index in [1.165, 1.54) is 28.9 Å². The number of aliphatic hydroxyl groups is 1. The fraction of sp³-hybridized carbons (Fsp3) is 0.474. The minimum atomic E-state index is -0.740. The Kier molecular flexibility index (Phi) is 5.68. The van der Waals surface area contributed by atoms with Crippen LogP contribution in [0.5, 0.6) is 0 Å². The lowest BCUT2D eigenvalue weighted by Crippen LogP contribution is -3.14. The van der Waals surface area contributed by atoms with Crippen molar-refractivity contribution in [3.8, 4) is 0 Å². The van der Waals surface area contributed by atoms with Crippen molar-refractivity contribution in [2.45, 2.75) is 19.4 Å². The van der Waals surface area contributed by atoms with Crippen LogP contribution in [-0.4, -0.2) is 61.1 Å². The first kappa shape index (κ1) is 18.5. The van der Waals surface area contributed by atoms with Gasteiger partial charge in [-0.25, -0.2) is 4.39 Å². The van der Waals surface area contributed by atoms with Crippen LogP contribution in [0.15, 0.2) is 35.6 Å². The average Bonchev–Trinajstić information content (AvgIpc) is 2.88. The fourth-order valence-electron chi connectivity index (χ4n) is 3.68. The monoisotopic (exact) mass is 363 g/mol. The number of aliphatic hydroxyl groups excluding tert-OH is 1. The van der Waals surface area contributed by atoms with Gasteiger partial charge in [-0.1, -0.05) is 12.1 Å². The van der Waals surface area contributed by atoms with Crippen molar-refractivity contribution in [2.24, 2.45) is 0 Å². The molecule has 1 atom stereocenters. The summed E-state index contributed by atoms with van der Waals surface area (Å²) in [5, 5.41) is 10.2. The van der Waals surface area contributed by atoms with Gasteiger partial charge in [0.15, 0.2) is 11.5 Å². The molecule has 0 saturated carbocycles. The van der Waals surface area contributed by atoms with Gasteiger partial charge in [0.25, 0.3) is 5.91 Å². The molecule has 1 aromatic rings. The normalized spacial score (nSPS) is 21.5. The number of rotatable bonds is 6. The second kappa shape index (κ2) is 7.97. The first-order chi connectivity index (χ1) is 12.5. The van der Waals surface area contributed by atoms with Crippen molar-refractivity contribution in [1.82, 2.24) is 4.90 Å². The third-order valence-corrected chi connectivity index (χ3v) is 4.98. The van der Waals surface area contributed by atoms with Crippen molar-refractivity contribution in [3.05, 3.63) is 47.0 Å². The highest BCUT2D eigenvalue weighted by Crippen LogP contribution is 2.37. The highest BCUT2D eigenvalue weighted by Gasteiger charge is 2.42. The number of benzene rings is 1. The molecule has 1 aromatic carbocycles. The molecule has 1 amide bonds. The molecule has 140 valence electrons. The summed E-state index contributed by atoms with van der Waals surface area (Å²) >= 11 is 0. The van der Waals surface area contributed by atoms with Crippen molar-refractivity contribution in [3.63, 3.8) is 0 Å². The minimum Gasteiger partial charge on any atom is -0.503 e. The molecular weight excluding hydrogens is 339 g/mol. The van der Waals surface area contributed by atoms with E-state index in [0.29, 0.717) is 12.1 Å². The summed E-state index contributed by atoms with van der Waals surface area (Å²) in [6, 6.07) is 5.08. The number of halogens is 1. The molecule has 0 unspecified atom stereocenters. The quantitative estimate of drug-likeness (QED) is 0.768. The van der Waals surface area contributed by atoms with Gasteiger partial charge < -0.3 is 19.6 Å². The van der Waals surface area contributed by atoms with Crippen LogP contribution >= 0.6 is 0 Å². The summed E-state index contributed by atoms with van der Waals surface area (Å²) in [6.07, 6.45) is 0.728. The summed E-state index contributed by atoms with van der Waals surface area (Å²) in [7, 11) is 0. The fourth-order valence-corrected chi connectivity index (χ4v) is 3.68. The van der Waals surface area contributed by atoms with Gasteiger partial charge in [0.05, 0.1) is 31.4 Å². The molecule has 0 radical (unpaired) electrons. The van der Waals surface area contributed by atoms with Crippen molar-refractivity contribution in [1.29, 1.82) is 0 Å². The third kappa shape index (κ3) is 3.78. The minimum absolute atomic E-state index is 0.0410. The Morgan fingerprint density at radius 3 is 2.77 bits per heavy atom. The molecule has 6 nitrogen and oxygen atoms in total. The van der Waals surface area contributed by atoms with E-state index in [9.17, 15) is 19.1 Å². The summed E-state index contributed by atoms with van der Waals surface area (Å²) < 4.78 is 19.0. The highest BCUT2D eigenvalue weighted by atomic mass is 19.1. The lowest BCUT2D eigenvalue weighted by Gasteiger charge is -2.28. The summed E-state index contributed by atoms with van der Waals surface area (Å²) in [4.78, 5) is 27.4. The molecule has 2 N–H and O–H groups in total. The van der Waals surface area contributed by atoms with E-state index in [1.54, 1.807) is 12.1 Å². The Morgan fingerprint density at radius 2 is 2.12 bits per heavy atom. The van der Waals surface area contributed by atoms with Gasteiger partial charge in [-0.3, -0.25) is 9.59 Å². The highest BCUT2D eigenvalue weighted by molar-refractivity contribution is 6.08. The number of nitrogens with one attached hydrogen (secondary N) is 1. The maximum Gasteiger partial charge on any atom is 0.290 e. The standard InChI is InChI=1S/C19H23FN2O4/c1-13(23)16-17(14-4-2-5-15(20)12-14)22(19(25)18(16)24)7-3-6-21-8-10-26-11-9-21/h2,4-5,12,17,24H,3,6-11H2,1H3/p+1/t17-/m0/s1. The molecule has 0 spiro atoms. The molecule has 7 heteroatoms. The second-order valence-electron chi connectivity index (χ2n) is 6.74. The van der Waals surface area contributed by atoms with Gasteiger partial charge in [0.1, 0.15) is 18.9 Å². The Balaban J connectivity index is 1.78. The van der Waals surface area contributed by atoms with Gasteiger partial charge in [-0.05, 0) is 24.6 Å². The molecule has 1 fully saturated rings. The Hall–Kier alpha value is -2.25. The number of amides is 1. The largest absolute Gasteiger partial charge is 0.503 e. The maximum atomic E-state index is 13.7. The number of nitrogens with zero attached hydrogens (tertiary/aromatic N) is 1. The molecule has 2 aliphatic rings. The molecule has 1 saturated heterocycles. The average molecular weight is 363 g/mol. The first-order valence-corrected chi connectivity index (χ1v) is 8.91. The zero-order valence-corrected chi connectivity index (χ0v) is 14.8. The van der Waals surface area contributed by atoms with Crippen LogP contribution in [0.3, 0.4) is 0 Å². The lowest BCUT2D eigenvalue weighted by molar-refractivity contribution is -0.908. The maximum absolute atomic E-state index is 13.7. The molecule has 2 aliphatic heterocycles. The van der Waals surface area contributed by atoms with E-state index < -0.39 is 23.5 Å². The molecule has 0 bridgehead atoms. The topological polar surface area (TPSA) is 71.3 Å². The predicted octanol–water partition coefficient (Wildman–Crippen LogP) is 0.415. The number of hydrogen-bond donors (Lipinski definition) is 2. The van der Waals surface area contributed by atoms with E-state index in [1.807, 2.05) is 0 Å². The smallest absolute Gasteiger partial charge is 0.290 e. The van der Waals surface area contributed by atoms with Gasteiger partial charge in [-0.15, -0.1) is 0 Å². The van der Waals surface area contributed by atoms with Gasteiger partial charge >= 0.3 is 0 Å². The molecule has 0 aromatic heterocycles. The van der Waals surface area contributed by atoms with Crippen LogP contribution < -0.4 is 4.90 Å². The van der Waals surface area contributed by atoms with E-state index in [-0.39, 0.29) is 11.4 Å². The Bertz CT molecular complexity index is 728. The van der Waals surface area contributed by atoms with Crippen molar-refractivity contribution < 1.29 is 28.7 Å². The number of morpholine rings is 1. The lowest BCUT2D eigenvalue weighted by atomic mass is 9.96. The van der Waals surface area contributed by atoms with E-state index in [2.05, 4.69) is 0 Å². The van der Waals surface area contributed by atoms with Gasteiger partial charge in [0, 0.05) is 13.0 Å². The van der Waals surface area contributed by atoms with Crippen LogP contribution in [0.4, 0.5) is 4.39 Å². The van der Waals surface area contributed by atoms with Crippen LogP contribution in [0.25, 0.3) is 0 Å². The molecule has 0 aliphatic carbocycles. The predicted molar refractivity (Wildman–Crippen MR) is 92.2 cm³/mol. The molecular formula is C19H24FN2O4+. The van der Waals surface area contributed by atoms with Crippen molar-refractivity contribution >= 4 is 11.7 Å². The molecule has 3 rings (SSSR count). The number of ketones is 1. The van der Waals surface area contributed by atoms with Crippen LogP contribution in [-0.2, 0) is 14.3 Å². The summed E-state index contributed by atoms with van der Waals surface area (Å²) in [5.74, 6) is -1.92. The number of hydrogen-bond acceptors (Lipinski definition) is 4. The third-order valence-electron chi connectivity index (χ3n) is 4.98. The number of ether oxygens (including phenoxy) is 1. The number of Topliss-reactive ketones (excluding diaryl/α,β-unsaturated/α-hetero) is 1. The zero-order chi connectivity index (χ0) is 18.7. The van der Waals surface area contributed by atoms with Crippen LogP contribution in [0.1, 0.15) is 24.9 Å². The van der Waals surface area contributed by atoms with Crippen LogP contribution in [0, 0.1) is 5.82 Å². The van der Waals surface area contributed by atoms with Crippen molar-refractivity contribution in [2.75, 3.05) is 39.4 Å². The van der Waals surface area contributed by atoms with E-state index >= 15 is 0 Å². The second-order valence-corrected chi connectivity index (χ2v) is 6.74. The van der Waals surface area contributed by atoms with E-state index in [4.69, 9.17) is 4.74 Å². The van der Waals surface area contributed by atoms with E-state index in [0.717, 1.165) is 39.3 Å². The first-order valence-electron chi connectivity index (χ1n) is 8.91. The SMILES string of the molecule is CC(=O)C1=C(O)C(=O)N(CCC[NH+]2CCOCC2)[C@H]1c1cccc(F)c1.